The number of amides is 4. The Labute approximate surface area is 189 Å². The fourth-order valence-electron chi connectivity index (χ4n) is 3.60. The van der Waals surface area contributed by atoms with Crippen LogP contribution >= 0.6 is 0 Å². The minimum absolute atomic E-state index is 0.207. The Morgan fingerprint density at radius 1 is 0.774 bits per heavy atom. The maximum Gasteiger partial charge on any atom is 0.319 e. The first-order valence-corrected chi connectivity index (χ1v) is 12.1. The van der Waals surface area contributed by atoms with Gasteiger partial charge in [-0.05, 0) is 49.3 Å². The van der Waals surface area contributed by atoms with Crippen molar-refractivity contribution in [3.8, 4) is 0 Å². The highest BCUT2D eigenvalue weighted by atomic mass is 16.2. The normalized spacial score (nSPS) is 12.7. The average molecular weight is 433 g/mol. The number of rotatable bonds is 14. The first kappa shape index (κ1) is 26.8. The van der Waals surface area contributed by atoms with Crippen LogP contribution in [-0.4, -0.2) is 25.2 Å². The summed E-state index contributed by atoms with van der Waals surface area (Å²) in [5.74, 6) is 1.01. The molecular formula is C25H44N4O2. The molecule has 0 heterocycles. The quantitative estimate of drug-likeness (QED) is 0.265. The van der Waals surface area contributed by atoms with Gasteiger partial charge in [-0.25, -0.2) is 9.59 Å². The van der Waals surface area contributed by atoms with Crippen molar-refractivity contribution in [1.82, 2.24) is 10.6 Å². The van der Waals surface area contributed by atoms with Crippen molar-refractivity contribution >= 4 is 23.4 Å². The van der Waals surface area contributed by atoms with E-state index >= 15 is 0 Å². The lowest BCUT2D eigenvalue weighted by Gasteiger charge is -2.18. The summed E-state index contributed by atoms with van der Waals surface area (Å²) in [7, 11) is 0. The molecule has 31 heavy (non-hydrogen) atoms. The number of urea groups is 2. The molecule has 2 unspecified atom stereocenters. The molecule has 0 radical (unpaired) electrons. The van der Waals surface area contributed by atoms with Gasteiger partial charge in [0.25, 0.3) is 0 Å². The second kappa shape index (κ2) is 15.5. The maximum absolute atomic E-state index is 12.4. The highest BCUT2D eigenvalue weighted by Gasteiger charge is 2.13. The van der Waals surface area contributed by atoms with E-state index in [0.29, 0.717) is 36.3 Å². The Balaban J connectivity index is 2.57. The zero-order chi connectivity index (χ0) is 23.1. The standard InChI is InChI=1S/C25H44N4O2/c1-6-10-13-20(8-3)17-26-24(30)28-22-15-12-16-23(19(22)5)29-25(31)27-18-21(9-4)14-11-7-2/h12,15-16,20-21H,6-11,13-14,17-18H2,1-5H3,(H2,26,28,30)(H2,27,29,31). The number of unbranched alkanes of at least 4 members (excludes halogenated alkanes) is 2. The van der Waals surface area contributed by atoms with Gasteiger partial charge in [0, 0.05) is 24.5 Å². The molecule has 0 fully saturated rings. The number of carbonyl (C=O) groups excluding carboxylic acids is 2. The van der Waals surface area contributed by atoms with Crippen molar-refractivity contribution < 1.29 is 9.59 Å². The van der Waals surface area contributed by atoms with Crippen molar-refractivity contribution in [2.75, 3.05) is 23.7 Å². The number of benzene rings is 1. The van der Waals surface area contributed by atoms with Gasteiger partial charge in [0.1, 0.15) is 0 Å². The molecule has 0 saturated carbocycles. The summed E-state index contributed by atoms with van der Waals surface area (Å²) in [6.07, 6.45) is 9.12. The zero-order valence-electron chi connectivity index (χ0n) is 20.3. The van der Waals surface area contributed by atoms with Crippen LogP contribution in [0.25, 0.3) is 0 Å². The first-order valence-electron chi connectivity index (χ1n) is 12.1. The molecule has 0 aliphatic rings. The average Bonchev–Trinajstić information content (AvgIpc) is 2.76. The van der Waals surface area contributed by atoms with Crippen molar-refractivity contribution in [3.05, 3.63) is 23.8 Å². The molecule has 0 aromatic heterocycles. The predicted molar refractivity (Wildman–Crippen MR) is 132 cm³/mol. The van der Waals surface area contributed by atoms with E-state index in [9.17, 15) is 9.59 Å². The topological polar surface area (TPSA) is 82.3 Å². The van der Waals surface area contributed by atoms with Gasteiger partial charge in [0.05, 0.1) is 0 Å². The van der Waals surface area contributed by atoms with Crippen LogP contribution in [0.5, 0.6) is 0 Å². The SMILES string of the molecule is CCCCC(CC)CNC(=O)Nc1cccc(NC(=O)NCC(CC)CCCC)c1C. The molecule has 1 aromatic rings. The van der Waals surface area contributed by atoms with Crippen LogP contribution in [0.15, 0.2) is 18.2 Å². The minimum Gasteiger partial charge on any atom is -0.338 e. The predicted octanol–water partition coefficient (Wildman–Crippen LogP) is 6.67. The van der Waals surface area contributed by atoms with Crippen LogP contribution in [0.4, 0.5) is 21.0 Å². The molecular weight excluding hydrogens is 388 g/mol. The summed E-state index contributed by atoms with van der Waals surface area (Å²) >= 11 is 0. The lowest BCUT2D eigenvalue weighted by Crippen LogP contribution is -2.34. The van der Waals surface area contributed by atoms with Crippen LogP contribution in [0.2, 0.25) is 0 Å². The van der Waals surface area contributed by atoms with E-state index in [1.165, 1.54) is 25.7 Å². The molecule has 6 nitrogen and oxygen atoms in total. The lowest BCUT2D eigenvalue weighted by molar-refractivity contribution is 0.248. The van der Waals surface area contributed by atoms with E-state index in [2.05, 4.69) is 49.0 Å². The molecule has 0 aliphatic carbocycles. The van der Waals surface area contributed by atoms with Gasteiger partial charge in [-0.1, -0.05) is 72.3 Å². The van der Waals surface area contributed by atoms with Crippen molar-refractivity contribution in [2.45, 2.75) is 86.0 Å². The van der Waals surface area contributed by atoms with E-state index in [4.69, 9.17) is 0 Å². The van der Waals surface area contributed by atoms with Gasteiger partial charge in [0.15, 0.2) is 0 Å². The maximum atomic E-state index is 12.4. The summed E-state index contributed by atoms with van der Waals surface area (Å²) in [6.45, 7) is 12.0. The molecule has 6 heteroatoms. The van der Waals surface area contributed by atoms with Crippen LogP contribution in [0.3, 0.4) is 0 Å². The van der Waals surface area contributed by atoms with Crippen LogP contribution in [0.1, 0.15) is 84.6 Å². The van der Waals surface area contributed by atoms with Crippen LogP contribution < -0.4 is 21.3 Å². The number of carbonyl (C=O) groups is 2. The fraction of sp³-hybridized carbons (Fsp3) is 0.680. The monoisotopic (exact) mass is 432 g/mol. The van der Waals surface area contributed by atoms with E-state index in [1.807, 2.05) is 25.1 Å². The van der Waals surface area contributed by atoms with Gasteiger partial charge >= 0.3 is 12.1 Å². The molecule has 1 rings (SSSR count). The molecule has 1 aromatic carbocycles. The molecule has 4 N–H and O–H groups in total. The Bertz CT molecular complexity index is 611. The van der Waals surface area contributed by atoms with Crippen molar-refractivity contribution in [1.29, 1.82) is 0 Å². The van der Waals surface area contributed by atoms with Crippen molar-refractivity contribution in [2.24, 2.45) is 11.8 Å². The molecule has 4 amide bonds. The van der Waals surface area contributed by atoms with Gasteiger partial charge < -0.3 is 21.3 Å². The Hall–Kier alpha value is -2.24. The third-order valence-corrected chi connectivity index (χ3v) is 6.02. The highest BCUT2D eigenvalue weighted by molar-refractivity contribution is 5.94. The number of hydrogen-bond donors (Lipinski definition) is 4. The highest BCUT2D eigenvalue weighted by Crippen LogP contribution is 2.23. The van der Waals surface area contributed by atoms with Gasteiger partial charge in [-0.2, -0.15) is 0 Å². The van der Waals surface area contributed by atoms with Gasteiger partial charge in [0.2, 0.25) is 0 Å². The number of anilines is 2. The number of hydrogen-bond acceptors (Lipinski definition) is 2. The fourth-order valence-corrected chi connectivity index (χ4v) is 3.60. The second-order valence-corrected chi connectivity index (χ2v) is 8.48. The molecule has 0 spiro atoms. The van der Waals surface area contributed by atoms with Gasteiger partial charge in [-0.3, -0.25) is 0 Å². The van der Waals surface area contributed by atoms with Crippen molar-refractivity contribution in [3.63, 3.8) is 0 Å². The largest absolute Gasteiger partial charge is 0.338 e. The van der Waals surface area contributed by atoms with E-state index in [-0.39, 0.29) is 12.1 Å². The third-order valence-electron chi connectivity index (χ3n) is 6.02. The zero-order valence-corrected chi connectivity index (χ0v) is 20.3. The van der Waals surface area contributed by atoms with E-state index in [0.717, 1.165) is 31.2 Å². The summed E-state index contributed by atoms with van der Waals surface area (Å²) in [6, 6.07) is 5.13. The Morgan fingerprint density at radius 3 is 1.55 bits per heavy atom. The van der Waals surface area contributed by atoms with Crippen LogP contribution in [-0.2, 0) is 0 Å². The Morgan fingerprint density at radius 2 is 1.19 bits per heavy atom. The summed E-state index contributed by atoms with van der Waals surface area (Å²) < 4.78 is 0. The van der Waals surface area contributed by atoms with Crippen LogP contribution in [0, 0.1) is 18.8 Å². The third kappa shape index (κ3) is 10.6. The molecule has 0 aliphatic heterocycles. The summed E-state index contributed by atoms with van der Waals surface area (Å²) in [5.41, 5.74) is 2.24. The molecule has 2 atom stereocenters. The van der Waals surface area contributed by atoms with Gasteiger partial charge in [-0.15, -0.1) is 0 Å². The lowest BCUT2D eigenvalue weighted by atomic mass is 9.99. The van der Waals surface area contributed by atoms with E-state index < -0.39 is 0 Å². The summed E-state index contributed by atoms with van der Waals surface area (Å²) in [5, 5.41) is 11.8. The molecule has 0 saturated heterocycles. The second-order valence-electron chi connectivity index (χ2n) is 8.48. The number of nitrogens with one attached hydrogen (secondary N) is 4. The first-order chi connectivity index (χ1) is 14.9. The smallest absolute Gasteiger partial charge is 0.319 e. The van der Waals surface area contributed by atoms with E-state index in [1.54, 1.807) is 0 Å². The minimum atomic E-state index is -0.207. The molecule has 0 bridgehead atoms. The Kier molecular flexibility index (Phi) is 13.4. The molecule has 176 valence electrons. The summed E-state index contributed by atoms with van der Waals surface area (Å²) in [4.78, 5) is 24.7.